The van der Waals surface area contributed by atoms with Gasteiger partial charge in [0.15, 0.2) is 6.04 Å². The number of carbonyl (C=O) groups excluding carboxylic acids is 2. The fraction of sp³-hybridized carbons (Fsp3) is 0.458. The summed E-state index contributed by atoms with van der Waals surface area (Å²) in [5.41, 5.74) is 2.34. The fourth-order valence-electron chi connectivity index (χ4n) is 4.86. The molecule has 2 N–H and O–H groups in total. The summed E-state index contributed by atoms with van der Waals surface area (Å²) >= 11 is 12.4. The van der Waals surface area contributed by atoms with Crippen LogP contribution in [-0.2, 0) is 22.4 Å². The predicted octanol–water partition coefficient (Wildman–Crippen LogP) is 4.80. The Morgan fingerprint density at radius 1 is 1.11 bits per heavy atom. The van der Waals surface area contributed by atoms with E-state index in [1.54, 1.807) is 6.07 Å². The Labute approximate surface area is 211 Å². The molecule has 2 amide bonds. The van der Waals surface area contributed by atoms with Gasteiger partial charge in [-0.15, -0.1) is 0 Å². The molecule has 188 valence electrons. The summed E-state index contributed by atoms with van der Waals surface area (Å²) in [7, 11) is 2.62. The van der Waals surface area contributed by atoms with Gasteiger partial charge in [0.05, 0.1) is 27.6 Å². The molecule has 2 aliphatic carbocycles. The van der Waals surface area contributed by atoms with Gasteiger partial charge >= 0.3 is 6.18 Å². The van der Waals surface area contributed by atoms with Crippen LogP contribution >= 0.6 is 23.2 Å². The van der Waals surface area contributed by atoms with E-state index in [1.807, 2.05) is 6.07 Å². The summed E-state index contributed by atoms with van der Waals surface area (Å²) in [5, 5.41) is 6.79. The molecule has 4 rings (SSSR count). The number of nitrogens with zero attached hydrogens (tertiary/aromatic N) is 2. The van der Waals surface area contributed by atoms with Crippen LogP contribution in [-0.4, -0.2) is 48.0 Å². The van der Waals surface area contributed by atoms with Gasteiger partial charge in [-0.25, -0.2) is 0 Å². The van der Waals surface area contributed by atoms with Crippen LogP contribution in [0, 0.1) is 11.8 Å². The second-order valence-corrected chi connectivity index (χ2v) is 9.88. The van der Waals surface area contributed by atoms with Crippen LogP contribution in [0.3, 0.4) is 0 Å². The summed E-state index contributed by atoms with van der Waals surface area (Å²) in [6.07, 6.45) is -1.55. The lowest BCUT2D eigenvalue weighted by Gasteiger charge is -2.38. The number of rotatable bonds is 6. The Morgan fingerprint density at radius 2 is 1.83 bits per heavy atom. The Kier molecular flexibility index (Phi) is 7.20. The zero-order valence-electron chi connectivity index (χ0n) is 19.1. The molecule has 2 atom stereocenters. The molecule has 0 spiro atoms. The van der Waals surface area contributed by atoms with Gasteiger partial charge in [-0.1, -0.05) is 29.3 Å². The molecule has 1 heterocycles. The number of nitrogens with one attached hydrogen (secondary N) is 2. The van der Waals surface area contributed by atoms with Crippen LogP contribution in [0.25, 0.3) is 0 Å². The van der Waals surface area contributed by atoms with E-state index in [1.165, 1.54) is 25.4 Å². The molecule has 11 heteroatoms. The van der Waals surface area contributed by atoms with Crippen molar-refractivity contribution in [1.29, 1.82) is 0 Å². The van der Waals surface area contributed by atoms with Gasteiger partial charge < -0.3 is 15.5 Å². The average molecular weight is 529 g/mol. The zero-order chi connectivity index (χ0) is 25.5. The molecule has 2 aliphatic rings. The smallest absolute Gasteiger partial charge is 0.380 e. The highest BCUT2D eigenvalue weighted by Crippen LogP contribution is 2.41. The summed E-state index contributed by atoms with van der Waals surface area (Å²) in [6.45, 7) is 0. The summed E-state index contributed by atoms with van der Waals surface area (Å²) in [4.78, 5) is 29.1. The van der Waals surface area contributed by atoms with Crippen molar-refractivity contribution in [3.8, 4) is 0 Å². The van der Waals surface area contributed by atoms with Gasteiger partial charge in [0.2, 0.25) is 11.8 Å². The molecule has 1 unspecified atom stereocenters. The standard InChI is InChI=1S/C24H25Cl2F3N4O2/c1-30-22(34)13-7-14(8-13)23(35)33(2)21(24(27,28)29)19-6-4-15(11-31-19)32-16-9-12-3-5-18(25)20(26)17(12)10-16/h3-6,11,13-14,16,21,32H,7-10H2,1-2H3,(H,30,34)/t13?,14?,16?,21-/m0/s1. The maximum atomic E-state index is 14.0. The van der Waals surface area contributed by atoms with Crippen molar-refractivity contribution < 1.29 is 22.8 Å². The van der Waals surface area contributed by atoms with Crippen molar-refractivity contribution in [3.63, 3.8) is 0 Å². The number of alkyl halides is 3. The number of hydrogen-bond acceptors (Lipinski definition) is 4. The molecule has 0 radical (unpaired) electrons. The van der Waals surface area contributed by atoms with Crippen molar-refractivity contribution in [2.24, 2.45) is 11.8 Å². The first kappa shape index (κ1) is 25.6. The van der Waals surface area contributed by atoms with E-state index in [0.717, 1.165) is 18.2 Å². The first-order valence-electron chi connectivity index (χ1n) is 11.2. The second kappa shape index (κ2) is 9.85. The third-order valence-corrected chi connectivity index (χ3v) is 7.64. The van der Waals surface area contributed by atoms with E-state index in [9.17, 15) is 22.8 Å². The number of hydrogen-bond donors (Lipinski definition) is 2. The van der Waals surface area contributed by atoms with Crippen molar-refractivity contribution in [2.75, 3.05) is 19.4 Å². The normalized spacial score (nSPS) is 22.1. The molecule has 1 fully saturated rings. The monoisotopic (exact) mass is 528 g/mol. The quantitative estimate of drug-likeness (QED) is 0.564. The molecular formula is C24H25Cl2F3N4O2. The first-order chi connectivity index (χ1) is 16.5. The second-order valence-electron chi connectivity index (χ2n) is 9.09. The minimum absolute atomic E-state index is 0.00293. The predicted molar refractivity (Wildman–Crippen MR) is 127 cm³/mol. The van der Waals surface area contributed by atoms with E-state index in [0.29, 0.717) is 33.5 Å². The van der Waals surface area contributed by atoms with Crippen LogP contribution in [0.4, 0.5) is 18.9 Å². The molecule has 1 aromatic carbocycles. The van der Waals surface area contributed by atoms with E-state index in [-0.39, 0.29) is 36.4 Å². The van der Waals surface area contributed by atoms with Gasteiger partial charge in [0.1, 0.15) is 0 Å². The first-order valence-corrected chi connectivity index (χ1v) is 12.0. The molecule has 0 bridgehead atoms. The number of aromatic nitrogens is 1. The van der Waals surface area contributed by atoms with E-state index in [4.69, 9.17) is 23.2 Å². The number of amides is 2. The van der Waals surface area contributed by atoms with Gasteiger partial charge in [-0.05, 0) is 55.0 Å². The van der Waals surface area contributed by atoms with Crippen LogP contribution in [0.1, 0.15) is 35.7 Å². The highest BCUT2D eigenvalue weighted by molar-refractivity contribution is 6.42. The number of fused-ring (bicyclic) bond motifs is 1. The van der Waals surface area contributed by atoms with E-state index >= 15 is 0 Å². The number of anilines is 1. The van der Waals surface area contributed by atoms with Crippen molar-refractivity contribution in [2.45, 2.75) is 43.9 Å². The summed E-state index contributed by atoms with van der Waals surface area (Å²) in [5.74, 6) is -1.81. The van der Waals surface area contributed by atoms with Crippen LogP contribution in [0.5, 0.6) is 0 Å². The molecule has 1 saturated carbocycles. The molecule has 0 saturated heterocycles. The SMILES string of the molecule is CNC(=O)C1CC(C(=O)N(C)[C@@H](c2ccc(NC3Cc4ccc(Cl)c(Cl)c4C3)cn2)C(F)(F)F)C1. The topological polar surface area (TPSA) is 74.3 Å². The third kappa shape index (κ3) is 5.21. The van der Waals surface area contributed by atoms with Gasteiger partial charge in [0, 0.05) is 32.0 Å². The molecule has 2 aromatic rings. The Hall–Kier alpha value is -2.52. The van der Waals surface area contributed by atoms with E-state index in [2.05, 4.69) is 15.6 Å². The molecule has 1 aromatic heterocycles. The number of pyridine rings is 1. The highest BCUT2D eigenvalue weighted by atomic mass is 35.5. The molecular weight excluding hydrogens is 504 g/mol. The maximum absolute atomic E-state index is 14.0. The molecule has 35 heavy (non-hydrogen) atoms. The van der Waals surface area contributed by atoms with Crippen molar-refractivity contribution in [1.82, 2.24) is 15.2 Å². The van der Waals surface area contributed by atoms with Gasteiger partial charge in [-0.2, -0.15) is 13.2 Å². The Morgan fingerprint density at radius 3 is 2.43 bits per heavy atom. The number of halogens is 5. The lowest BCUT2D eigenvalue weighted by molar-refractivity contribution is -0.193. The van der Waals surface area contributed by atoms with Crippen LogP contribution < -0.4 is 10.6 Å². The lowest BCUT2D eigenvalue weighted by atomic mass is 9.73. The maximum Gasteiger partial charge on any atom is 0.414 e. The molecule has 0 aliphatic heterocycles. The minimum Gasteiger partial charge on any atom is -0.380 e. The summed E-state index contributed by atoms with van der Waals surface area (Å²) < 4.78 is 41.9. The van der Waals surface area contributed by atoms with Crippen molar-refractivity contribution in [3.05, 3.63) is 57.3 Å². The van der Waals surface area contributed by atoms with Crippen LogP contribution in [0.15, 0.2) is 30.5 Å². The fourth-order valence-corrected chi connectivity index (χ4v) is 5.30. The van der Waals surface area contributed by atoms with Gasteiger partial charge in [0.25, 0.3) is 0 Å². The average Bonchev–Trinajstić information content (AvgIpc) is 3.18. The zero-order valence-corrected chi connectivity index (χ0v) is 20.6. The highest BCUT2D eigenvalue weighted by Gasteiger charge is 2.49. The van der Waals surface area contributed by atoms with Crippen molar-refractivity contribution >= 4 is 40.7 Å². The van der Waals surface area contributed by atoms with Crippen LogP contribution in [0.2, 0.25) is 10.0 Å². The Balaban J connectivity index is 1.43. The largest absolute Gasteiger partial charge is 0.414 e. The van der Waals surface area contributed by atoms with E-state index < -0.39 is 24.0 Å². The minimum atomic E-state index is -4.71. The Bertz CT molecular complexity index is 1120. The summed E-state index contributed by atoms with van der Waals surface area (Å²) in [6, 6.07) is 4.31. The molecule has 6 nitrogen and oxygen atoms in total. The lowest BCUT2D eigenvalue weighted by Crippen LogP contribution is -2.48. The van der Waals surface area contributed by atoms with Gasteiger partial charge in [-0.3, -0.25) is 14.6 Å². The third-order valence-electron chi connectivity index (χ3n) is 6.80. The number of carbonyl (C=O) groups is 2. The number of benzene rings is 1.